The summed E-state index contributed by atoms with van der Waals surface area (Å²) in [6.07, 6.45) is 0. The second kappa shape index (κ2) is 5.62. The molecule has 19 heavy (non-hydrogen) atoms. The first kappa shape index (κ1) is 13.2. The molecule has 0 amide bonds. The summed E-state index contributed by atoms with van der Waals surface area (Å²) in [5.41, 5.74) is 2.52. The number of nitrogens with one attached hydrogen (secondary N) is 1. The van der Waals surface area contributed by atoms with Gasteiger partial charge in [0.25, 0.3) is 5.69 Å². The number of nitro groups is 1. The lowest BCUT2D eigenvalue weighted by atomic mass is 10.1. The van der Waals surface area contributed by atoms with E-state index in [1.165, 1.54) is 0 Å². The molecular weight excluding hydrogens is 246 g/mol. The van der Waals surface area contributed by atoms with Crippen molar-refractivity contribution in [3.8, 4) is 0 Å². The number of rotatable bonds is 5. The SMILES string of the molecule is Cc1cc(CNCc2ccc(C)c([N+](=O)[O-])c2)on1. The highest BCUT2D eigenvalue weighted by molar-refractivity contribution is 5.42. The maximum Gasteiger partial charge on any atom is 0.272 e. The standard InChI is InChI=1S/C13H15N3O3/c1-9-3-4-11(6-13(9)16(17)18)7-14-8-12-5-10(2)15-19-12/h3-6,14H,7-8H2,1-2H3. The van der Waals surface area contributed by atoms with Crippen LogP contribution in [0, 0.1) is 24.0 Å². The molecule has 1 aromatic carbocycles. The van der Waals surface area contributed by atoms with Gasteiger partial charge in [-0.2, -0.15) is 0 Å². The minimum absolute atomic E-state index is 0.148. The van der Waals surface area contributed by atoms with E-state index >= 15 is 0 Å². The zero-order valence-corrected chi connectivity index (χ0v) is 10.8. The normalized spacial score (nSPS) is 10.6. The molecule has 2 aromatic rings. The lowest BCUT2D eigenvalue weighted by Crippen LogP contribution is -2.12. The van der Waals surface area contributed by atoms with E-state index in [4.69, 9.17) is 4.52 Å². The summed E-state index contributed by atoms with van der Waals surface area (Å²) in [4.78, 5) is 10.5. The Bertz CT molecular complexity index is 593. The number of benzene rings is 1. The molecule has 100 valence electrons. The van der Waals surface area contributed by atoms with Crippen molar-refractivity contribution in [2.24, 2.45) is 0 Å². The quantitative estimate of drug-likeness (QED) is 0.660. The van der Waals surface area contributed by atoms with Gasteiger partial charge in [-0.05, 0) is 19.4 Å². The van der Waals surface area contributed by atoms with Gasteiger partial charge in [0.2, 0.25) is 0 Å². The van der Waals surface area contributed by atoms with Crippen LogP contribution in [-0.2, 0) is 13.1 Å². The van der Waals surface area contributed by atoms with Crippen LogP contribution < -0.4 is 5.32 Å². The monoisotopic (exact) mass is 261 g/mol. The summed E-state index contributed by atoms with van der Waals surface area (Å²) >= 11 is 0. The number of aromatic nitrogens is 1. The Labute approximate surface area is 110 Å². The fraction of sp³-hybridized carbons (Fsp3) is 0.308. The van der Waals surface area contributed by atoms with Crippen LogP contribution in [0.3, 0.4) is 0 Å². The molecule has 0 spiro atoms. The molecule has 6 heteroatoms. The Morgan fingerprint density at radius 2 is 2.11 bits per heavy atom. The molecule has 0 bridgehead atoms. The molecule has 1 N–H and O–H groups in total. The van der Waals surface area contributed by atoms with Crippen LogP contribution in [0.25, 0.3) is 0 Å². The van der Waals surface area contributed by atoms with Crippen molar-refractivity contribution < 1.29 is 9.45 Å². The Hall–Kier alpha value is -2.21. The summed E-state index contributed by atoms with van der Waals surface area (Å²) in [6.45, 7) is 4.67. The summed E-state index contributed by atoms with van der Waals surface area (Å²) in [5.74, 6) is 0.749. The van der Waals surface area contributed by atoms with E-state index in [-0.39, 0.29) is 10.6 Å². The van der Waals surface area contributed by atoms with Crippen molar-refractivity contribution in [1.82, 2.24) is 10.5 Å². The first-order valence-electron chi connectivity index (χ1n) is 5.93. The molecule has 0 saturated heterocycles. The third-order valence-corrected chi connectivity index (χ3v) is 2.78. The van der Waals surface area contributed by atoms with Crippen molar-refractivity contribution in [2.75, 3.05) is 0 Å². The highest BCUT2D eigenvalue weighted by Gasteiger charge is 2.10. The van der Waals surface area contributed by atoms with E-state index in [2.05, 4.69) is 10.5 Å². The zero-order chi connectivity index (χ0) is 13.8. The second-order valence-corrected chi connectivity index (χ2v) is 4.42. The van der Waals surface area contributed by atoms with Crippen LogP contribution >= 0.6 is 0 Å². The number of hydrogen-bond donors (Lipinski definition) is 1. The molecule has 0 aliphatic rings. The van der Waals surface area contributed by atoms with Crippen LogP contribution in [0.2, 0.25) is 0 Å². The summed E-state index contributed by atoms with van der Waals surface area (Å²) < 4.78 is 5.06. The first-order valence-corrected chi connectivity index (χ1v) is 5.93. The van der Waals surface area contributed by atoms with Gasteiger partial charge in [-0.1, -0.05) is 17.3 Å². The minimum atomic E-state index is -0.362. The van der Waals surface area contributed by atoms with E-state index in [9.17, 15) is 10.1 Å². The Kier molecular flexibility index (Phi) is 3.91. The van der Waals surface area contributed by atoms with Gasteiger partial charge in [0.15, 0.2) is 5.76 Å². The van der Waals surface area contributed by atoms with Gasteiger partial charge < -0.3 is 9.84 Å². The molecule has 0 aliphatic heterocycles. The molecule has 0 aliphatic carbocycles. The maximum atomic E-state index is 10.8. The van der Waals surface area contributed by atoms with Crippen LogP contribution in [0.1, 0.15) is 22.6 Å². The lowest BCUT2D eigenvalue weighted by molar-refractivity contribution is -0.385. The Morgan fingerprint density at radius 3 is 2.74 bits per heavy atom. The molecule has 1 heterocycles. The maximum absolute atomic E-state index is 10.8. The molecule has 0 radical (unpaired) electrons. The second-order valence-electron chi connectivity index (χ2n) is 4.42. The molecule has 6 nitrogen and oxygen atoms in total. The third-order valence-electron chi connectivity index (χ3n) is 2.78. The van der Waals surface area contributed by atoms with E-state index in [1.807, 2.05) is 19.1 Å². The number of nitrogens with zero attached hydrogens (tertiary/aromatic N) is 2. The van der Waals surface area contributed by atoms with Crippen molar-refractivity contribution in [3.63, 3.8) is 0 Å². The molecule has 0 unspecified atom stereocenters. The van der Waals surface area contributed by atoms with Gasteiger partial charge in [-0.25, -0.2) is 0 Å². The summed E-state index contributed by atoms with van der Waals surface area (Å²) in [6, 6.07) is 7.08. The van der Waals surface area contributed by atoms with Gasteiger partial charge in [0.05, 0.1) is 17.2 Å². The van der Waals surface area contributed by atoms with E-state index in [0.717, 1.165) is 17.0 Å². The van der Waals surface area contributed by atoms with Crippen molar-refractivity contribution in [3.05, 3.63) is 57.0 Å². The van der Waals surface area contributed by atoms with Crippen molar-refractivity contribution in [1.29, 1.82) is 0 Å². The minimum Gasteiger partial charge on any atom is -0.360 e. The predicted octanol–water partition coefficient (Wildman–Crippen LogP) is 2.49. The highest BCUT2D eigenvalue weighted by atomic mass is 16.6. The molecule has 0 saturated carbocycles. The Balaban J connectivity index is 1.96. The number of aryl methyl sites for hydroxylation is 2. The molecule has 1 aromatic heterocycles. The molecule has 0 fully saturated rings. The van der Waals surface area contributed by atoms with Crippen LogP contribution in [0.15, 0.2) is 28.8 Å². The van der Waals surface area contributed by atoms with Gasteiger partial charge in [-0.3, -0.25) is 10.1 Å². The first-order chi connectivity index (χ1) is 9.06. The van der Waals surface area contributed by atoms with Gasteiger partial charge >= 0.3 is 0 Å². The Morgan fingerprint density at radius 1 is 1.32 bits per heavy atom. The predicted molar refractivity (Wildman–Crippen MR) is 69.6 cm³/mol. The van der Waals surface area contributed by atoms with Gasteiger partial charge in [0.1, 0.15) is 0 Å². The van der Waals surface area contributed by atoms with Crippen LogP contribution in [0.5, 0.6) is 0 Å². The van der Waals surface area contributed by atoms with Gasteiger partial charge in [-0.15, -0.1) is 0 Å². The van der Waals surface area contributed by atoms with E-state index in [1.54, 1.807) is 19.1 Å². The third kappa shape index (κ3) is 3.38. The molecular formula is C13H15N3O3. The summed E-state index contributed by atoms with van der Waals surface area (Å²) in [5, 5.41) is 17.8. The average Bonchev–Trinajstić information content (AvgIpc) is 2.77. The molecule has 0 atom stereocenters. The summed E-state index contributed by atoms with van der Waals surface area (Å²) in [7, 11) is 0. The molecule has 2 rings (SSSR count). The highest BCUT2D eigenvalue weighted by Crippen LogP contribution is 2.19. The number of nitro benzene ring substituents is 1. The lowest BCUT2D eigenvalue weighted by Gasteiger charge is -2.04. The van der Waals surface area contributed by atoms with E-state index < -0.39 is 0 Å². The average molecular weight is 261 g/mol. The topological polar surface area (TPSA) is 81.2 Å². The smallest absolute Gasteiger partial charge is 0.272 e. The fourth-order valence-corrected chi connectivity index (χ4v) is 1.79. The zero-order valence-electron chi connectivity index (χ0n) is 10.8. The van der Waals surface area contributed by atoms with Gasteiger partial charge in [0, 0.05) is 24.2 Å². The fourth-order valence-electron chi connectivity index (χ4n) is 1.79. The van der Waals surface area contributed by atoms with Crippen molar-refractivity contribution >= 4 is 5.69 Å². The van der Waals surface area contributed by atoms with E-state index in [0.29, 0.717) is 18.7 Å². The van der Waals surface area contributed by atoms with Crippen LogP contribution in [-0.4, -0.2) is 10.1 Å². The number of hydrogen-bond acceptors (Lipinski definition) is 5. The van der Waals surface area contributed by atoms with Crippen LogP contribution in [0.4, 0.5) is 5.69 Å². The largest absolute Gasteiger partial charge is 0.360 e. The van der Waals surface area contributed by atoms with Crippen molar-refractivity contribution in [2.45, 2.75) is 26.9 Å².